The molecule has 3 rings (SSSR count). The Morgan fingerprint density at radius 2 is 1.80 bits per heavy atom. The number of halogens is 1. The molecule has 2 aliphatic heterocycles. The molecule has 136 valence electrons. The van der Waals surface area contributed by atoms with Crippen molar-refractivity contribution in [1.29, 1.82) is 0 Å². The van der Waals surface area contributed by atoms with Gasteiger partial charge in [0.25, 0.3) is 0 Å². The van der Waals surface area contributed by atoms with Gasteiger partial charge in [0.2, 0.25) is 5.91 Å². The Bertz CT molecular complexity index is 631. The largest absolute Gasteiger partial charge is 0.342 e. The van der Waals surface area contributed by atoms with Crippen molar-refractivity contribution in [3.8, 4) is 0 Å². The maximum atomic E-state index is 13.7. The first-order chi connectivity index (χ1) is 12.0. The summed E-state index contributed by atoms with van der Waals surface area (Å²) in [5.74, 6) is -0.546. The van der Waals surface area contributed by atoms with Crippen LogP contribution in [-0.4, -0.2) is 54.0 Å². The first-order valence-electron chi connectivity index (χ1n) is 8.89. The summed E-state index contributed by atoms with van der Waals surface area (Å²) < 4.78 is 13.7. The summed E-state index contributed by atoms with van der Waals surface area (Å²) in [6, 6.07) is 5.89. The van der Waals surface area contributed by atoms with E-state index in [9.17, 15) is 14.0 Å². The number of anilines is 1. The summed E-state index contributed by atoms with van der Waals surface area (Å²) in [7, 11) is 0. The highest BCUT2D eigenvalue weighted by molar-refractivity contribution is 5.90. The highest BCUT2D eigenvalue weighted by Crippen LogP contribution is 2.22. The number of benzene rings is 1. The van der Waals surface area contributed by atoms with Gasteiger partial charge < -0.3 is 20.9 Å². The van der Waals surface area contributed by atoms with Crippen LogP contribution in [0.25, 0.3) is 0 Å². The molecular formula is C18H25FN4O2. The molecule has 3 N–H and O–H groups in total. The SMILES string of the molecule is NC1CCN(C(=O)C2CCCN(C(=O)Nc3ccccc3F)C2)CC1. The predicted molar refractivity (Wildman–Crippen MR) is 93.5 cm³/mol. The van der Waals surface area contributed by atoms with Gasteiger partial charge in [0.05, 0.1) is 11.6 Å². The van der Waals surface area contributed by atoms with E-state index in [4.69, 9.17) is 5.73 Å². The van der Waals surface area contributed by atoms with Crippen molar-refractivity contribution < 1.29 is 14.0 Å². The van der Waals surface area contributed by atoms with E-state index in [-0.39, 0.29) is 29.6 Å². The molecule has 7 heteroatoms. The molecule has 1 aromatic carbocycles. The molecule has 2 saturated heterocycles. The fourth-order valence-corrected chi connectivity index (χ4v) is 3.50. The number of nitrogens with one attached hydrogen (secondary N) is 1. The minimum absolute atomic E-state index is 0.107. The molecule has 0 saturated carbocycles. The Kier molecular flexibility index (Phi) is 5.53. The molecule has 0 radical (unpaired) electrons. The van der Waals surface area contributed by atoms with Crippen molar-refractivity contribution in [3.63, 3.8) is 0 Å². The zero-order valence-corrected chi connectivity index (χ0v) is 14.3. The van der Waals surface area contributed by atoms with Crippen LogP contribution in [0.4, 0.5) is 14.9 Å². The quantitative estimate of drug-likeness (QED) is 0.858. The average Bonchev–Trinajstić information content (AvgIpc) is 2.64. The molecule has 0 bridgehead atoms. The number of para-hydroxylation sites is 1. The second-order valence-corrected chi connectivity index (χ2v) is 6.86. The summed E-state index contributed by atoms with van der Waals surface area (Å²) in [6.07, 6.45) is 3.21. The van der Waals surface area contributed by atoms with Crippen LogP contribution in [-0.2, 0) is 4.79 Å². The lowest BCUT2D eigenvalue weighted by molar-refractivity contribution is -0.137. The minimum Gasteiger partial charge on any atom is -0.342 e. The maximum Gasteiger partial charge on any atom is 0.321 e. The van der Waals surface area contributed by atoms with E-state index >= 15 is 0 Å². The molecule has 3 amide bonds. The van der Waals surface area contributed by atoms with Gasteiger partial charge in [-0.1, -0.05) is 12.1 Å². The highest BCUT2D eigenvalue weighted by Gasteiger charge is 2.32. The lowest BCUT2D eigenvalue weighted by Gasteiger charge is -2.37. The summed E-state index contributed by atoms with van der Waals surface area (Å²) in [5, 5.41) is 2.60. The van der Waals surface area contributed by atoms with Crippen LogP contribution in [0.2, 0.25) is 0 Å². The van der Waals surface area contributed by atoms with Crippen LogP contribution in [0, 0.1) is 11.7 Å². The third-order valence-corrected chi connectivity index (χ3v) is 5.02. The van der Waals surface area contributed by atoms with Crippen molar-refractivity contribution in [2.75, 3.05) is 31.5 Å². The molecule has 1 aromatic rings. The number of carbonyl (C=O) groups is 2. The monoisotopic (exact) mass is 348 g/mol. The number of rotatable bonds is 2. The van der Waals surface area contributed by atoms with Crippen LogP contribution in [0.3, 0.4) is 0 Å². The van der Waals surface area contributed by atoms with Crippen LogP contribution in [0.15, 0.2) is 24.3 Å². The third kappa shape index (κ3) is 4.28. The van der Waals surface area contributed by atoms with E-state index in [2.05, 4.69) is 5.32 Å². The molecule has 0 aliphatic carbocycles. The van der Waals surface area contributed by atoms with Gasteiger partial charge >= 0.3 is 6.03 Å². The van der Waals surface area contributed by atoms with Gasteiger partial charge in [-0.15, -0.1) is 0 Å². The Balaban J connectivity index is 1.58. The minimum atomic E-state index is -0.467. The topological polar surface area (TPSA) is 78.7 Å². The van der Waals surface area contributed by atoms with Crippen molar-refractivity contribution in [2.24, 2.45) is 11.7 Å². The number of amides is 3. The molecule has 0 spiro atoms. The van der Waals surface area contributed by atoms with Gasteiger partial charge in [-0.2, -0.15) is 0 Å². The van der Waals surface area contributed by atoms with E-state index in [0.29, 0.717) is 26.2 Å². The first kappa shape index (κ1) is 17.7. The zero-order chi connectivity index (χ0) is 17.8. The number of nitrogens with two attached hydrogens (primary N) is 1. The van der Waals surface area contributed by atoms with Crippen LogP contribution < -0.4 is 11.1 Å². The van der Waals surface area contributed by atoms with E-state index in [1.165, 1.54) is 12.1 Å². The van der Waals surface area contributed by atoms with Crippen LogP contribution >= 0.6 is 0 Å². The zero-order valence-electron chi connectivity index (χ0n) is 14.3. The summed E-state index contributed by atoms with van der Waals surface area (Å²) in [4.78, 5) is 28.6. The van der Waals surface area contributed by atoms with Crippen LogP contribution in [0.5, 0.6) is 0 Å². The molecule has 1 unspecified atom stereocenters. The first-order valence-corrected chi connectivity index (χ1v) is 8.89. The van der Waals surface area contributed by atoms with Crippen molar-refractivity contribution >= 4 is 17.6 Å². The second-order valence-electron chi connectivity index (χ2n) is 6.86. The Hall–Kier alpha value is -2.15. The molecule has 2 heterocycles. The van der Waals surface area contributed by atoms with Gasteiger partial charge in [0, 0.05) is 32.2 Å². The number of urea groups is 1. The molecule has 0 aromatic heterocycles. The Morgan fingerprint density at radius 1 is 1.08 bits per heavy atom. The lowest BCUT2D eigenvalue weighted by atomic mass is 9.95. The van der Waals surface area contributed by atoms with Crippen molar-refractivity contribution in [3.05, 3.63) is 30.1 Å². The number of likely N-dealkylation sites (tertiary alicyclic amines) is 2. The van der Waals surface area contributed by atoms with Crippen LogP contribution in [0.1, 0.15) is 25.7 Å². The number of hydrogen-bond donors (Lipinski definition) is 2. The summed E-state index contributed by atoms with van der Waals surface area (Å²) in [6.45, 7) is 2.34. The van der Waals surface area contributed by atoms with Gasteiger partial charge in [-0.25, -0.2) is 9.18 Å². The van der Waals surface area contributed by atoms with Gasteiger partial charge in [-0.3, -0.25) is 4.79 Å². The number of piperidine rings is 2. The smallest absolute Gasteiger partial charge is 0.321 e. The predicted octanol–water partition coefficient (Wildman–Crippen LogP) is 2.02. The average molecular weight is 348 g/mol. The number of carbonyl (C=O) groups excluding carboxylic acids is 2. The Morgan fingerprint density at radius 3 is 2.52 bits per heavy atom. The van der Waals surface area contributed by atoms with Gasteiger partial charge in [0.1, 0.15) is 5.82 Å². The number of nitrogens with zero attached hydrogens (tertiary/aromatic N) is 2. The lowest BCUT2D eigenvalue weighted by Crippen LogP contribution is -2.50. The fraction of sp³-hybridized carbons (Fsp3) is 0.556. The molecule has 2 aliphatic rings. The van der Waals surface area contributed by atoms with Gasteiger partial charge in [0.15, 0.2) is 0 Å². The second kappa shape index (κ2) is 7.82. The Labute approximate surface area is 147 Å². The normalized spacial score (nSPS) is 21.9. The summed E-state index contributed by atoms with van der Waals surface area (Å²) in [5.41, 5.74) is 6.05. The van der Waals surface area contributed by atoms with E-state index in [1.54, 1.807) is 17.0 Å². The highest BCUT2D eigenvalue weighted by atomic mass is 19.1. The maximum absolute atomic E-state index is 13.7. The molecular weight excluding hydrogens is 323 g/mol. The van der Waals surface area contributed by atoms with Crippen molar-refractivity contribution in [2.45, 2.75) is 31.7 Å². The molecule has 25 heavy (non-hydrogen) atoms. The summed E-state index contributed by atoms with van der Waals surface area (Å²) >= 11 is 0. The fourth-order valence-electron chi connectivity index (χ4n) is 3.50. The van der Waals surface area contributed by atoms with E-state index < -0.39 is 5.82 Å². The standard InChI is InChI=1S/C18H25FN4O2/c19-15-5-1-2-6-16(15)21-18(25)23-9-3-4-13(12-23)17(24)22-10-7-14(20)8-11-22/h1-2,5-6,13-14H,3-4,7-12,20H2,(H,21,25). The molecule has 1 atom stereocenters. The number of hydrogen-bond acceptors (Lipinski definition) is 3. The molecule has 6 nitrogen and oxygen atoms in total. The third-order valence-electron chi connectivity index (χ3n) is 5.02. The van der Waals surface area contributed by atoms with E-state index in [1.807, 2.05) is 4.90 Å². The van der Waals surface area contributed by atoms with E-state index in [0.717, 1.165) is 25.7 Å². The van der Waals surface area contributed by atoms with Crippen molar-refractivity contribution in [1.82, 2.24) is 9.80 Å². The van der Waals surface area contributed by atoms with Gasteiger partial charge in [-0.05, 0) is 37.8 Å². The molecule has 2 fully saturated rings.